The van der Waals surface area contributed by atoms with Gasteiger partial charge in [-0.1, -0.05) is 0 Å². The van der Waals surface area contributed by atoms with Crippen LogP contribution in [0.4, 0.5) is 5.82 Å². The third-order valence-corrected chi connectivity index (χ3v) is 6.03. The van der Waals surface area contributed by atoms with Gasteiger partial charge < -0.3 is 24.3 Å². The molecule has 4 atom stereocenters. The first-order valence-corrected chi connectivity index (χ1v) is 11.1. The van der Waals surface area contributed by atoms with Crippen molar-refractivity contribution in [1.82, 2.24) is 19.5 Å². The first kappa shape index (κ1) is 19.7. The summed E-state index contributed by atoms with van der Waals surface area (Å²) < 4.78 is 20.4. The highest BCUT2D eigenvalue weighted by molar-refractivity contribution is 6.57. The zero-order valence-corrected chi connectivity index (χ0v) is 18.7. The zero-order chi connectivity index (χ0) is 20.3. The molecule has 0 aliphatic carbocycles. The van der Waals surface area contributed by atoms with Gasteiger partial charge in [0.05, 0.1) is 17.8 Å². The average Bonchev–Trinajstić information content (AvgIpc) is 3.23. The van der Waals surface area contributed by atoms with Crippen LogP contribution in [-0.2, 0) is 14.2 Å². The number of nitrogens with zero attached hydrogens (tertiary/aromatic N) is 4. The minimum atomic E-state index is -0.855. The second-order valence-corrected chi connectivity index (χ2v) is 10.7. The van der Waals surface area contributed by atoms with Crippen LogP contribution in [0.5, 0.6) is 0 Å². The van der Waals surface area contributed by atoms with E-state index in [9.17, 15) is 5.11 Å². The minimum Gasteiger partial charge on any atom is -0.393 e. The fourth-order valence-electron chi connectivity index (χ4n) is 3.61. The van der Waals surface area contributed by atoms with E-state index in [-0.39, 0.29) is 5.60 Å². The molecule has 0 amide bonds. The molecular weight excluding hydrogens is 378 g/mol. The number of aromatic nitrogens is 4. The fourth-order valence-corrected chi connectivity index (χ4v) is 5.01. The van der Waals surface area contributed by atoms with Crippen LogP contribution in [0.25, 0.3) is 11.5 Å². The van der Waals surface area contributed by atoms with Gasteiger partial charge in [0, 0.05) is 0 Å². The van der Waals surface area contributed by atoms with E-state index in [4.69, 9.17) is 14.2 Å². The molecule has 2 N–H and O–H groups in total. The van der Waals surface area contributed by atoms with E-state index in [1.807, 2.05) is 46.1 Å². The molecule has 0 spiro atoms. The minimum absolute atomic E-state index is 0.310. The number of ether oxygens (including phenoxy) is 3. The number of fused-ring (bicyclic) bond motifs is 4. The lowest BCUT2D eigenvalue weighted by Crippen LogP contribution is -2.43. The molecule has 4 heterocycles. The van der Waals surface area contributed by atoms with Crippen LogP contribution in [0.3, 0.4) is 0 Å². The van der Waals surface area contributed by atoms with Crippen LogP contribution in [-0.4, -0.2) is 70.4 Å². The van der Waals surface area contributed by atoms with Crippen molar-refractivity contribution in [3.05, 3.63) is 6.33 Å². The third kappa shape index (κ3) is 3.66. The first-order chi connectivity index (χ1) is 13.0. The highest BCUT2D eigenvalue weighted by Crippen LogP contribution is 2.38. The van der Waals surface area contributed by atoms with Crippen molar-refractivity contribution >= 4 is 20.9 Å². The summed E-state index contributed by atoms with van der Waals surface area (Å²) in [5, 5.41) is 11.2. The van der Waals surface area contributed by atoms with Crippen molar-refractivity contribution < 1.29 is 19.3 Å². The summed E-state index contributed by atoms with van der Waals surface area (Å²) >= 11 is 0. The van der Waals surface area contributed by atoms with Crippen LogP contribution < -0.4 is 10.4 Å². The first-order valence-electron chi connectivity index (χ1n) is 9.64. The SMILES string of the molecule is CC(C)(C)OC[C@H]1OC(n2c3nc4ncnc-4c2N[SiH2]3)[C@@H](O)[C@@H]1OC(C)(C)C. The molecule has 0 saturated carbocycles. The van der Waals surface area contributed by atoms with Gasteiger partial charge in [-0.2, -0.15) is 0 Å². The molecule has 0 aromatic heterocycles. The van der Waals surface area contributed by atoms with Crippen LogP contribution in [0.1, 0.15) is 47.8 Å². The second-order valence-electron chi connectivity index (χ2n) is 9.32. The maximum Gasteiger partial charge on any atom is 0.198 e. The molecule has 154 valence electrons. The van der Waals surface area contributed by atoms with E-state index in [1.165, 1.54) is 6.33 Å². The Hall–Kier alpha value is -1.59. The van der Waals surface area contributed by atoms with Gasteiger partial charge in [0.25, 0.3) is 0 Å². The van der Waals surface area contributed by atoms with E-state index in [0.29, 0.717) is 18.1 Å². The van der Waals surface area contributed by atoms with Crippen molar-refractivity contribution in [2.75, 3.05) is 11.6 Å². The average molecular weight is 408 g/mol. The number of rotatable bonds is 4. The van der Waals surface area contributed by atoms with Gasteiger partial charge in [0.1, 0.15) is 41.6 Å². The van der Waals surface area contributed by atoms with Gasteiger partial charge in [-0.3, -0.25) is 4.57 Å². The smallest absolute Gasteiger partial charge is 0.198 e. The highest BCUT2D eigenvalue weighted by atomic mass is 28.2. The Balaban J connectivity index is 1.66. The molecule has 10 heteroatoms. The number of hydrogen-bond acceptors (Lipinski definition) is 8. The lowest BCUT2D eigenvalue weighted by atomic mass is 10.1. The molecule has 1 saturated heterocycles. The normalized spacial score (nSPS) is 28.4. The number of aliphatic hydroxyl groups is 1. The quantitative estimate of drug-likeness (QED) is 0.692. The van der Waals surface area contributed by atoms with Crippen molar-refractivity contribution in [2.45, 2.75) is 77.3 Å². The molecule has 1 fully saturated rings. The Bertz CT molecular complexity index is 831. The Morgan fingerprint density at radius 1 is 1.21 bits per heavy atom. The van der Waals surface area contributed by atoms with Crippen molar-refractivity contribution in [2.24, 2.45) is 0 Å². The van der Waals surface area contributed by atoms with Gasteiger partial charge in [-0.25, -0.2) is 15.0 Å². The summed E-state index contributed by atoms with van der Waals surface area (Å²) in [6.07, 6.45) is -0.871. The fraction of sp³-hybridized carbons (Fsp3) is 0.722. The highest BCUT2D eigenvalue weighted by Gasteiger charge is 2.49. The number of nitrogens with one attached hydrogen (secondary N) is 1. The largest absolute Gasteiger partial charge is 0.393 e. The molecular formula is C18H29N5O4Si. The summed E-state index contributed by atoms with van der Waals surface area (Å²) in [4.78, 5) is 16.6. The molecule has 0 radical (unpaired) electrons. The molecule has 4 aliphatic heterocycles. The number of hydrogen-bond donors (Lipinski definition) is 2. The topological polar surface area (TPSA) is 104 Å². The van der Waals surface area contributed by atoms with Gasteiger partial charge in [0.15, 0.2) is 21.7 Å². The molecule has 4 aliphatic rings. The lowest BCUT2D eigenvalue weighted by Gasteiger charge is -2.30. The summed E-state index contributed by atoms with van der Waals surface area (Å²) in [6.45, 7) is 12.2. The standard InChI is InChI=1S/C18H29N5O4Si/c1-17(2,3)25-7-9-12(27-18(4,5)6)11(24)15(26-9)23-14-10-13(20-8-19-10)21-16(23)28-22-14/h8-9,11-12,15,22,24H,7,28H2,1-6H3/t9-,11+,12-,15?/m1/s1. The van der Waals surface area contributed by atoms with Crippen molar-refractivity contribution in [3.63, 3.8) is 0 Å². The van der Waals surface area contributed by atoms with Crippen LogP contribution in [0.2, 0.25) is 0 Å². The summed E-state index contributed by atoms with van der Waals surface area (Å²) in [5.41, 5.74) is 0.856. The maximum absolute atomic E-state index is 11.2. The van der Waals surface area contributed by atoms with Gasteiger partial charge in [-0.05, 0) is 41.5 Å². The summed E-state index contributed by atoms with van der Waals surface area (Å²) in [5.74, 6) is 1.45. The summed E-state index contributed by atoms with van der Waals surface area (Å²) in [6, 6.07) is 0. The van der Waals surface area contributed by atoms with Crippen molar-refractivity contribution in [1.29, 1.82) is 0 Å². The van der Waals surface area contributed by atoms with E-state index < -0.39 is 39.8 Å². The van der Waals surface area contributed by atoms with Crippen molar-refractivity contribution in [3.8, 4) is 11.5 Å². The Morgan fingerprint density at radius 2 is 1.96 bits per heavy atom. The molecule has 9 nitrogen and oxygen atoms in total. The second kappa shape index (κ2) is 6.73. The van der Waals surface area contributed by atoms with E-state index in [1.54, 1.807) is 0 Å². The van der Waals surface area contributed by atoms with Crippen LogP contribution in [0.15, 0.2) is 6.33 Å². The third-order valence-electron chi connectivity index (χ3n) is 4.70. The van der Waals surface area contributed by atoms with Gasteiger partial charge in [0.2, 0.25) is 0 Å². The van der Waals surface area contributed by atoms with Crippen LogP contribution in [0, 0.1) is 0 Å². The van der Waals surface area contributed by atoms with Gasteiger partial charge in [-0.15, -0.1) is 0 Å². The Kier molecular flexibility index (Phi) is 4.74. The number of anilines is 1. The molecule has 28 heavy (non-hydrogen) atoms. The molecule has 0 aromatic carbocycles. The lowest BCUT2D eigenvalue weighted by molar-refractivity contribution is -0.138. The predicted molar refractivity (Wildman–Crippen MR) is 106 cm³/mol. The van der Waals surface area contributed by atoms with E-state index in [0.717, 1.165) is 11.3 Å². The monoisotopic (exact) mass is 407 g/mol. The van der Waals surface area contributed by atoms with E-state index >= 15 is 0 Å². The predicted octanol–water partition coefficient (Wildman–Crippen LogP) is 0.170. The molecule has 4 rings (SSSR count). The zero-order valence-electron chi connectivity index (χ0n) is 17.3. The Labute approximate surface area is 167 Å². The van der Waals surface area contributed by atoms with Crippen LogP contribution >= 0.6 is 0 Å². The van der Waals surface area contributed by atoms with Gasteiger partial charge >= 0.3 is 0 Å². The molecule has 0 aromatic rings. The molecule has 2 bridgehead atoms. The van der Waals surface area contributed by atoms with E-state index in [2.05, 4.69) is 19.9 Å². The number of aliphatic hydroxyl groups excluding tert-OH is 1. The number of imidazole rings is 1. The Morgan fingerprint density at radius 3 is 2.64 bits per heavy atom. The maximum atomic E-state index is 11.2. The molecule has 1 unspecified atom stereocenters. The summed E-state index contributed by atoms with van der Waals surface area (Å²) in [7, 11) is -0.822.